The van der Waals surface area contributed by atoms with Gasteiger partial charge >= 0.3 is 0 Å². The molecule has 1 saturated carbocycles. The summed E-state index contributed by atoms with van der Waals surface area (Å²) in [6, 6.07) is 48.8. The lowest BCUT2D eigenvalue weighted by atomic mass is 9.78. The number of anilines is 4. The number of ether oxygens (including phenoxy) is 2. The molecule has 6 aromatic rings. The zero-order valence-corrected chi connectivity index (χ0v) is 44.1. The highest BCUT2D eigenvalue weighted by Crippen LogP contribution is 2.49. The summed E-state index contributed by atoms with van der Waals surface area (Å²) in [7, 11) is 0. The lowest BCUT2D eigenvalue weighted by Crippen LogP contribution is -2.52. The number of rotatable bonds is 12. The van der Waals surface area contributed by atoms with Gasteiger partial charge in [0.25, 0.3) is 0 Å². The van der Waals surface area contributed by atoms with Gasteiger partial charge in [0.2, 0.25) is 13.3 Å². The van der Waals surface area contributed by atoms with E-state index in [1.165, 1.54) is 56.1 Å². The molecule has 0 N–H and O–H groups in total. The van der Waals surface area contributed by atoms with Crippen LogP contribution in [-0.2, 0) is 48.0 Å². The maximum Gasteiger partial charge on any atom is 0.209 e. The molecular formula is C64H76N4O2. The largest absolute Gasteiger partial charge is 0.488 e. The maximum absolute atomic E-state index is 6.95. The van der Waals surface area contributed by atoms with Gasteiger partial charge in [0.15, 0.2) is 0 Å². The first-order chi connectivity index (χ1) is 33.2. The molecule has 364 valence electrons. The van der Waals surface area contributed by atoms with Crippen molar-refractivity contribution in [2.24, 2.45) is 0 Å². The molecule has 0 saturated heterocycles. The SMILES string of the molecule is CC(C)(C)c1cc(CN2[C]N([C@H]3CCCC[C@@H]3N3[C]N(Cc4cc(C(C)(C)C)cc(C(C)(C)C)c4OCc4ccccc4)c4ccccc43)c3ccccc32)c(OCc2ccccc2)c(C(C)(C)C)c1. The molecule has 4 radical (unpaired) electrons. The van der Waals surface area contributed by atoms with Gasteiger partial charge in [0.1, 0.15) is 24.7 Å². The summed E-state index contributed by atoms with van der Waals surface area (Å²) >= 11 is 0. The van der Waals surface area contributed by atoms with E-state index in [0.29, 0.717) is 26.3 Å². The second-order valence-corrected chi connectivity index (χ2v) is 24.1. The van der Waals surface area contributed by atoms with E-state index < -0.39 is 0 Å². The third kappa shape index (κ3) is 10.4. The van der Waals surface area contributed by atoms with Crippen molar-refractivity contribution in [3.8, 4) is 11.5 Å². The Balaban J connectivity index is 1.04. The third-order valence-electron chi connectivity index (χ3n) is 14.5. The molecule has 2 aliphatic heterocycles. The van der Waals surface area contributed by atoms with Crippen molar-refractivity contribution in [1.82, 2.24) is 0 Å². The molecule has 6 nitrogen and oxygen atoms in total. The monoisotopic (exact) mass is 933 g/mol. The Kier molecular flexibility index (Phi) is 13.6. The Hall–Kier alpha value is -5.88. The molecule has 0 aromatic heterocycles. The Labute approximate surface area is 421 Å². The first kappa shape index (κ1) is 49.1. The van der Waals surface area contributed by atoms with Gasteiger partial charge in [-0.1, -0.05) is 193 Å². The maximum atomic E-state index is 6.95. The first-order valence-electron chi connectivity index (χ1n) is 25.8. The van der Waals surface area contributed by atoms with Crippen LogP contribution in [0.1, 0.15) is 153 Å². The average molecular weight is 933 g/mol. The molecule has 9 rings (SSSR count). The third-order valence-corrected chi connectivity index (χ3v) is 14.5. The summed E-state index contributed by atoms with van der Waals surface area (Å²) in [6.45, 7) is 38.0. The fourth-order valence-electron chi connectivity index (χ4n) is 10.4. The van der Waals surface area contributed by atoms with Gasteiger partial charge in [0.05, 0.1) is 34.8 Å². The molecule has 1 aliphatic carbocycles. The summed E-state index contributed by atoms with van der Waals surface area (Å²) in [6.07, 6.45) is 4.44. The van der Waals surface area contributed by atoms with Crippen molar-refractivity contribution in [3.05, 3.63) is 191 Å². The van der Waals surface area contributed by atoms with E-state index >= 15 is 0 Å². The molecule has 70 heavy (non-hydrogen) atoms. The fourth-order valence-corrected chi connectivity index (χ4v) is 10.4. The van der Waals surface area contributed by atoms with Crippen LogP contribution in [0.2, 0.25) is 0 Å². The van der Waals surface area contributed by atoms with E-state index in [1.807, 2.05) is 0 Å². The van der Waals surface area contributed by atoms with Gasteiger partial charge < -0.3 is 29.1 Å². The quantitative estimate of drug-likeness (QED) is 0.122. The predicted octanol–water partition coefficient (Wildman–Crippen LogP) is 15.7. The van der Waals surface area contributed by atoms with Crippen molar-refractivity contribution in [3.63, 3.8) is 0 Å². The van der Waals surface area contributed by atoms with Crippen molar-refractivity contribution >= 4 is 22.7 Å². The van der Waals surface area contributed by atoms with E-state index in [4.69, 9.17) is 9.47 Å². The number of para-hydroxylation sites is 4. The van der Waals surface area contributed by atoms with Gasteiger partial charge in [-0.2, -0.15) is 0 Å². The highest BCUT2D eigenvalue weighted by Gasteiger charge is 2.44. The Bertz CT molecular complexity index is 2560. The van der Waals surface area contributed by atoms with Crippen LogP contribution >= 0.6 is 0 Å². The van der Waals surface area contributed by atoms with Gasteiger partial charge in [-0.3, -0.25) is 0 Å². The van der Waals surface area contributed by atoms with Crippen LogP contribution in [0.4, 0.5) is 22.7 Å². The number of nitrogens with zero attached hydrogens (tertiary/aromatic N) is 4. The standard InChI is InChI=1S/C64H76N4O2/c1-61(2,3)49-35-47(59(51(37-49)63(7,8)9)69-41-45-25-15-13-16-26-45)39-65-43-67(55-31-21-19-29-53(55)65)57-33-23-24-34-58(57)68-44-66(54-30-20-22-32-56(54)68)40-48-36-50(62(4,5)6)38-52(64(10,11)12)60(48)70-42-46-27-17-14-18-28-46/h13-22,25-32,35-38,57-58H,23-24,33-34,39-42H2,1-12H3/t57-,58-/m0/s1. The molecule has 3 aliphatic rings. The molecule has 1 fully saturated rings. The molecule has 2 heterocycles. The van der Waals surface area contributed by atoms with Crippen molar-refractivity contribution in [1.29, 1.82) is 0 Å². The summed E-state index contributed by atoms with van der Waals surface area (Å²) < 4.78 is 13.9. The van der Waals surface area contributed by atoms with E-state index in [-0.39, 0.29) is 33.7 Å². The second-order valence-electron chi connectivity index (χ2n) is 24.1. The van der Waals surface area contributed by atoms with Crippen molar-refractivity contribution < 1.29 is 9.47 Å². The van der Waals surface area contributed by atoms with Crippen LogP contribution in [0.3, 0.4) is 0 Å². The Morgan fingerprint density at radius 2 is 0.771 bits per heavy atom. The van der Waals surface area contributed by atoms with Gasteiger partial charge in [0, 0.05) is 35.3 Å². The van der Waals surface area contributed by atoms with Crippen LogP contribution in [0.5, 0.6) is 11.5 Å². The molecule has 0 amide bonds. The number of hydrogen-bond donors (Lipinski definition) is 0. The van der Waals surface area contributed by atoms with Crippen LogP contribution in [0.25, 0.3) is 0 Å². The molecule has 0 unspecified atom stereocenters. The average Bonchev–Trinajstić information content (AvgIpc) is 3.87. The molecule has 6 aromatic carbocycles. The number of hydrogen-bond acceptors (Lipinski definition) is 6. The van der Waals surface area contributed by atoms with E-state index in [2.05, 4.69) is 249 Å². The van der Waals surface area contributed by atoms with Crippen LogP contribution in [0.15, 0.2) is 133 Å². The highest BCUT2D eigenvalue weighted by atomic mass is 16.5. The zero-order chi connectivity index (χ0) is 49.6. The number of fused-ring (bicyclic) bond motifs is 2. The lowest BCUT2D eigenvalue weighted by Gasteiger charge is -2.43. The molecule has 0 bridgehead atoms. The van der Waals surface area contributed by atoms with Crippen LogP contribution < -0.4 is 29.1 Å². The minimum Gasteiger partial charge on any atom is -0.488 e. The smallest absolute Gasteiger partial charge is 0.209 e. The van der Waals surface area contributed by atoms with Gasteiger partial charge in [-0.25, -0.2) is 0 Å². The van der Waals surface area contributed by atoms with Gasteiger partial charge in [-0.15, -0.1) is 0 Å². The summed E-state index contributed by atoms with van der Waals surface area (Å²) in [5.41, 5.74) is 14.2. The summed E-state index contributed by atoms with van der Waals surface area (Å²) in [4.78, 5) is 9.67. The molecule has 2 atom stereocenters. The van der Waals surface area contributed by atoms with E-state index in [1.54, 1.807) is 0 Å². The van der Waals surface area contributed by atoms with Crippen LogP contribution in [-0.4, -0.2) is 12.1 Å². The minimum absolute atomic E-state index is 0.0433. The zero-order valence-electron chi connectivity index (χ0n) is 44.1. The Morgan fingerprint density at radius 1 is 0.429 bits per heavy atom. The Morgan fingerprint density at radius 3 is 1.11 bits per heavy atom. The van der Waals surface area contributed by atoms with Crippen LogP contribution in [0, 0.1) is 13.3 Å². The molecular weight excluding hydrogens is 857 g/mol. The molecule has 6 heteroatoms. The van der Waals surface area contributed by atoms with E-state index in [9.17, 15) is 0 Å². The summed E-state index contributed by atoms with van der Waals surface area (Å²) in [5, 5.41) is 0. The van der Waals surface area contributed by atoms with Gasteiger partial charge in [-0.05, 0) is 93.2 Å². The summed E-state index contributed by atoms with van der Waals surface area (Å²) in [5.74, 6) is 1.96. The van der Waals surface area contributed by atoms with E-state index in [0.717, 1.165) is 48.3 Å². The number of benzene rings is 6. The second kappa shape index (κ2) is 19.4. The lowest BCUT2D eigenvalue weighted by molar-refractivity contribution is 0.293. The first-order valence-corrected chi connectivity index (χ1v) is 25.8. The fraction of sp³-hybridized carbons (Fsp3) is 0.406. The van der Waals surface area contributed by atoms with Crippen molar-refractivity contribution in [2.45, 2.75) is 169 Å². The molecule has 0 spiro atoms. The minimum atomic E-state index is -0.131. The van der Waals surface area contributed by atoms with Crippen molar-refractivity contribution in [2.75, 3.05) is 19.6 Å². The predicted molar refractivity (Wildman–Crippen MR) is 292 cm³/mol. The highest BCUT2D eigenvalue weighted by molar-refractivity contribution is 5.82. The topological polar surface area (TPSA) is 31.4 Å². The normalized spacial score (nSPS) is 17.5.